The predicted molar refractivity (Wildman–Crippen MR) is 83.3 cm³/mol. The van der Waals surface area contributed by atoms with Crippen LogP contribution in [0.25, 0.3) is 0 Å². The number of alkyl halides is 3. The van der Waals surface area contributed by atoms with E-state index in [4.69, 9.17) is 4.74 Å². The van der Waals surface area contributed by atoms with Gasteiger partial charge in [0.1, 0.15) is 0 Å². The van der Waals surface area contributed by atoms with Crippen molar-refractivity contribution in [2.24, 2.45) is 0 Å². The molecule has 3 rings (SSSR count). The zero-order valence-corrected chi connectivity index (χ0v) is 13.4. The summed E-state index contributed by atoms with van der Waals surface area (Å²) in [5.74, 6) is -0.372. The fourth-order valence-corrected chi connectivity index (χ4v) is 2.64. The third-order valence-corrected chi connectivity index (χ3v) is 4.30. The summed E-state index contributed by atoms with van der Waals surface area (Å²) in [7, 11) is 1.48. The van der Waals surface area contributed by atoms with Gasteiger partial charge < -0.3 is 10.1 Å². The Morgan fingerprint density at radius 1 is 1.24 bits per heavy atom. The molecule has 8 heteroatoms. The number of rotatable bonds is 5. The SMILES string of the molecule is COc1cnc(C2(CNC(=O)c3ccccc3C(F)(F)F)CC2)cn1. The molecule has 0 saturated heterocycles. The van der Waals surface area contributed by atoms with Crippen molar-refractivity contribution in [1.82, 2.24) is 15.3 Å². The molecule has 0 spiro atoms. The average Bonchev–Trinajstić information content (AvgIpc) is 3.40. The molecule has 5 nitrogen and oxygen atoms in total. The molecule has 1 aromatic heterocycles. The molecule has 1 amide bonds. The van der Waals surface area contributed by atoms with Gasteiger partial charge in [-0.15, -0.1) is 0 Å². The van der Waals surface area contributed by atoms with Crippen molar-refractivity contribution >= 4 is 5.91 Å². The molecule has 2 aromatic rings. The minimum atomic E-state index is -4.58. The first kappa shape index (κ1) is 17.2. The van der Waals surface area contributed by atoms with Crippen LogP contribution >= 0.6 is 0 Å². The smallest absolute Gasteiger partial charge is 0.417 e. The number of nitrogens with one attached hydrogen (secondary N) is 1. The number of ether oxygens (including phenoxy) is 1. The van der Waals surface area contributed by atoms with Crippen LogP contribution in [-0.4, -0.2) is 29.5 Å². The van der Waals surface area contributed by atoms with Crippen LogP contribution in [0.2, 0.25) is 0 Å². The third-order valence-electron chi connectivity index (χ3n) is 4.30. The number of hydrogen-bond acceptors (Lipinski definition) is 4. The van der Waals surface area contributed by atoms with Crippen molar-refractivity contribution in [2.75, 3.05) is 13.7 Å². The van der Waals surface area contributed by atoms with E-state index in [1.807, 2.05) is 0 Å². The Balaban J connectivity index is 1.72. The molecule has 1 aromatic carbocycles. The number of carbonyl (C=O) groups excluding carboxylic acids is 1. The van der Waals surface area contributed by atoms with Crippen molar-refractivity contribution in [3.05, 3.63) is 53.5 Å². The Morgan fingerprint density at radius 3 is 2.52 bits per heavy atom. The van der Waals surface area contributed by atoms with E-state index < -0.39 is 17.6 Å². The molecule has 0 radical (unpaired) electrons. The summed E-state index contributed by atoms with van der Waals surface area (Å²) in [6, 6.07) is 4.74. The van der Waals surface area contributed by atoms with Crippen LogP contribution in [-0.2, 0) is 11.6 Å². The fourth-order valence-electron chi connectivity index (χ4n) is 2.64. The molecule has 25 heavy (non-hydrogen) atoms. The molecule has 1 saturated carbocycles. The summed E-state index contributed by atoms with van der Waals surface area (Å²) >= 11 is 0. The van der Waals surface area contributed by atoms with Crippen molar-refractivity contribution < 1.29 is 22.7 Å². The van der Waals surface area contributed by atoms with E-state index in [1.54, 1.807) is 6.20 Å². The number of halogens is 3. The summed E-state index contributed by atoms with van der Waals surface area (Å²) in [4.78, 5) is 20.6. The van der Waals surface area contributed by atoms with Gasteiger partial charge in [0.05, 0.1) is 36.3 Å². The van der Waals surface area contributed by atoms with Crippen LogP contribution < -0.4 is 10.1 Å². The first-order valence-electron chi connectivity index (χ1n) is 7.67. The quantitative estimate of drug-likeness (QED) is 0.900. The Bertz CT molecular complexity index is 771. The lowest BCUT2D eigenvalue weighted by Gasteiger charge is -2.17. The maximum Gasteiger partial charge on any atom is 0.417 e. The van der Waals surface area contributed by atoms with Gasteiger partial charge in [-0.05, 0) is 25.0 Å². The maximum absolute atomic E-state index is 13.0. The number of benzene rings is 1. The van der Waals surface area contributed by atoms with Gasteiger partial charge in [-0.2, -0.15) is 13.2 Å². The Kier molecular flexibility index (Phi) is 4.36. The normalized spacial score (nSPS) is 15.5. The highest BCUT2D eigenvalue weighted by atomic mass is 19.4. The van der Waals surface area contributed by atoms with E-state index in [-0.39, 0.29) is 17.5 Å². The second-order valence-electron chi connectivity index (χ2n) is 5.95. The predicted octanol–water partition coefficient (Wildman–Crippen LogP) is 2.97. The van der Waals surface area contributed by atoms with Crippen LogP contribution in [0.1, 0.15) is 34.5 Å². The summed E-state index contributed by atoms with van der Waals surface area (Å²) in [6.45, 7) is 0.207. The third kappa shape index (κ3) is 3.57. The molecular weight excluding hydrogens is 335 g/mol. The molecule has 1 aliphatic rings. The van der Waals surface area contributed by atoms with Gasteiger partial charge >= 0.3 is 6.18 Å². The highest BCUT2D eigenvalue weighted by Gasteiger charge is 2.46. The first-order chi connectivity index (χ1) is 11.9. The van der Waals surface area contributed by atoms with Crippen molar-refractivity contribution in [2.45, 2.75) is 24.4 Å². The van der Waals surface area contributed by atoms with E-state index in [9.17, 15) is 18.0 Å². The molecule has 1 heterocycles. The fraction of sp³-hybridized carbons (Fsp3) is 0.353. The van der Waals surface area contributed by atoms with Gasteiger partial charge in [0.15, 0.2) is 0 Å². The van der Waals surface area contributed by atoms with Gasteiger partial charge in [-0.25, -0.2) is 4.98 Å². The highest BCUT2D eigenvalue weighted by Crippen LogP contribution is 2.46. The number of hydrogen-bond donors (Lipinski definition) is 1. The molecule has 0 aliphatic heterocycles. The van der Waals surface area contributed by atoms with Crippen LogP contribution in [0.15, 0.2) is 36.7 Å². The van der Waals surface area contributed by atoms with Crippen molar-refractivity contribution in [1.29, 1.82) is 0 Å². The van der Waals surface area contributed by atoms with E-state index >= 15 is 0 Å². The highest BCUT2D eigenvalue weighted by molar-refractivity contribution is 5.96. The summed E-state index contributed by atoms with van der Waals surface area (Å²) in [6.07, 6.45) is 0.0505. The van der Waals surface area contributed by atoms with Gasteiger partial charge in [0, 0.05) is 12.0 Å². The Labute approximate surface area is 142 Å². The number of carbonyl (C=O) groups is 1. The van der Waals surface area contributed by atoms with Crippen LogP contribution in [0.5, 0.6) is 5.88 Å². The monoisotopic (exact) mass is 351 g/mol. The van der Waals surface area contributed by atoms with Gasteiger partial charge in [0.2, 0.25) is 5.88 Å². The summed E-state index contributed by atoms with van der Waals surface area (Å²) in [5.41, 5.74) is -1.01. The Morgan fingerprint density at radius 2 is 1.96 bits per heavy atom. The van der Waals surface area contributed by atoms with Crippen molar-refractivity contribution in [3.8, 4) is 5.88 Å². The largest absolute Gasteiger partial charge is 0.480 e. The Hall–Kier alpha value is -2.64. The first-order valence-corrected chi connectivity index (χ1v) is 7.67. The molecule has 0 atom stereocenters. The van der Waals surface area contributed by atoms with E-state index in [1.165, 1.54) is 31.5 Å². The molecule has 1 N–H and O–H groups in total. The van der Waals surface area contributed by atoms with Crippen molar-refractivity contribution in [3.63, 3.8) is 0 Å². The summed E-state index contributed by atoms with van der Waals surface area (Å²) in [5, 5.41) is 2.60. The molecule has 132 valence electrons. The van der Waals surface area contributed by atoms with E-state index in [0.29, 0.717) is 11.6 Å². The lowest BCUT2D eigenvalue weighted by Crippen LogP contribution is -2.34. The zero-order valence-electron chi connectivity index (χ0n) is 13.4. The second kappa shape index (κ2) is 6.34. The van der Waals surface area contributed by atoms with Gasteiger partial charge in [0.25, 0.3) is 5.91 Å². The lowest BCUT2D eigenvalue weighted by molar-refractivity contribution is -0.137. The number of nitrogens with zero attached hydrogens (tertiary/aromatic N) is 2. The lowest BCUT2D eigenvalue weighted by atomic mass is 10.0. The number of aromatic nitrogens is 2. The maximum atomic E-state index is 13.0. The van der Waals surface area contributed by atoms with Gasteiger partial charge in [-0.3, -0.25) is 9.78 Å². The average molecular weight is 351 g/mol. The molecule has 0 unspecified atom stereocenters. The molecule has 1 fully saturated rings. The van der Waals surface area contributed by atoms with Crippen LogP contribution in [0, 0.1) is 0 Å². The standard InChI is InChI=1S/C17H16F3N3O2/c1-25-14-9-21-13(8-22-14)16(6-7-16)10-23-15(24)11-4-2-3-5-12(11)17(18,19)20/h2-5,8-9H,6-7,10H2,1H3,(H,23,24). The van der Waals surface area contributed by atoms with Gasteiger partial charge in [-0.1, -0.05) is 12.1 Å². The molecule has 0 bridgehead atoms. The van der Waals surface area contributed by atoms with E-state index in [2.05, 4.69) is 15.3 Å². The number of amides is 1. The van der Waals surface area contributed by atoms with Crippen LogP contribution in [0.3, 0.4) is 0 Å². The summed E-state index contributed by atoms with van der Waals surface area (Å²) < 4.78 is 44.0. The zero-order chi connectivity index (χ0) is 18.1. The molecule has 1 aliphatic carbocycles. The minimum absolute atomic E-state index is 0.207. The minimum Gasteiger partial charge on any atom is -0.480 e. The molecular formula is C17H16F3N3O2. The number of methoxy groups -OCH3 is 1. The van der Waals surface area contributed by atoms with Crippen LogP contribution in [0.4, 0.5) is 13.2 Å². The van der Waals surface area contributed by atoms with E-state index in [0.717, 1.165) is 18.9 Å². The topological polar surface area (TPSA) is 64.1 Å². The second-order valence-corrected chi connectivity index (χ2v) is 5.95.